The van der Waals surface area contributed by atoms with Crippen LogP contribution in [0.3, 0.4) is 0 Å². The SMILES string of the molecule is C/C=C\N=CCc1cnc2ccc(NCC3=CCC=CS3)nn12. The maximum Gasteiger partial charge on any atom is 0.153 e. The number of hydrogen-bond acceptors (Lipinski definition) is 5. The summed E-state index contributed by atoms with van der Waals surface area (Å²) in [4.78, 5) is 9.88. The highest BCUT2D eigenvalue weighted by Gasteiger charge is 2.06. The molecule has 3 rings (SSSR count). The zero-order valence-corrected chi connectivity index (χ0v) is 13.8. The molecule has 118 valence electrons. The Hall–Kier alpha value is -2.34. The Bertz CT molecular complexity index is 785. The van der Waals surface area contributed by atoms with Gasteiger partial charge in [0.15, 0.2) is 5.65 Å². The third-order valence-corrected chi connectivity index (χ3v) is 4.26. The maximum atomic E-state index is 4.63. The molecule has 0 saturated carbocycles. The number of nitrogens with one attached hydrogen (secondary N) is 1. The summed E-state index contributed by atoms with van der Waals surface area (Å²) in [6, 6.07) is 3.94. The van der Waals surface area contributed by atoms with Gasteiger partial charge >= 0.3 is 0 Å². The van der Waals surface area contributed by atoms with E-state index in [9.17, 15) is 0 Å². The fraction of sp³-hybridized carbons (Fsp3) is 0.235. The van der Waals surface area contributed by atoms with Crippen molar-refractivity contribution in [2.75, 3.05) is 11.9 Å². The first-order valence-electron chi connectivity index (χ1n) is 7.58. The van der Waals surface area contributed by atoms with E-state index in [0.717, 1.165) is 30.1 Å². The molecule has 5 nitrogen and oxygen atoms in total. The molecule has 0 atom stereocenters. The molecule has 0 bridgehead atoms. The molecule has 0 aromatic carbocycles. The number of nitrogens with zero attached hydrogens (tertiary/aromatic N) is 4. The van der Waals surface area contributed by atoms with E-state index in [2.05, 4.69) is 38.0 Å². The summed E-state index contributed by atoms with van der Waals surface area (Å²) in [6.45, 7) is 2.74. The molecule has 0 fully saturated rings. The monoisotopic (exact) mass is 325 g/mol. The quantitative estimate of drug-likeness (QED) is 0.820. The minimum atomic E-state index is 0.702. The summed E-state index contributed by atoms with van der Waals surface area (Å²) < 4.78 is 1.87. The van der Waals surface area contributed by atoms with Crippen LogP contribution in [0.2, 0.25) is 0 Å². The highest BCUT2D eigenvalue weighted by molar-refractivity contribution is 8.05. The number of allylic oxidation sites excluding steroid dienone is 3. The topological polar surface area (TPSA) is 54.6 Å². The van der Waals surface area contributed by atoms with E-state index in [1.165, 1.54) is 4.91 Å². The molecule has 0 saturated heterocycles. The van der Waals surface area contributed by atoms with Crippen molar-refractivity contribution in [2.24, 2.45) is 4.99 Å². The molecule has 0 radical (unpaired) electrons. The maximum absolute atomic E-state index is 4.63. The molecule has 0 aliphatic carbocycles. The smallest absolute Gasteiger partial charge is 0.153 e. The third-order valence-electron chi connectivity index (χ3n) is 3.31. The van der Waals surface area contributed by atoms with E-state index in [1.807, 2.05) is 42.1 Å². The molecule has 0 spiro atoms. The highest BCUT2D eigenvalue weighted by Crippen LogP contribution is 2.22. The van der Waals surface area contributed by atoms with Crippen molar-refractivity contribution >= 4 is 29.4 Å². The van der Waals surface area contributed by atoms with Crippen molar-refractivity contribution < 1.29 is 0 Å². The number of hydrogen-bond donors (Lipinski definition) is 1. The van der Waals surface area contributed by atoms with E-state index in [0.29, 0.717) is 6.42 Å². The molecule has 3 heterocycles. The summed E-state index contributed by atoms with van der Waals surface area (Å²) in [5, 5.41) is 10.1. The third kappa shape index (κ3) is 4.10. The van der Waals surface area contributed by atoms with Crippen LogP contribution in [0.4, 0.5) is 5.82 Å². The number of anilines is 1. The second-order valence-electron chi connectivity index (χ2n) is 5.01. The first kappa shape index (κ1) is 15.6. The number of fused-ring (bicyclic) bond motifs is 1. The first-order chi connectivity index (χ1) is 11.4. The molecule has 1 aliphatic rings. The Kier molecular flexibility index (Phi) is 5.26. The van der Waals surface area contributed by atoms with Crippen molar-refractivity contribution in [3.05, 3.63) is 58.8 Å². The van der Waals surface area contributed by atoms with Gasteiger partial charge < -0.3 is 5.32 Å². The summed E-state index contributed by atoms with van der Waals surface area (Å²) in [5.41, 5.74) is 1.87. The van der Waals surface area contributed by atoms with Crippen molar-refractivity contribution in [3.8, 4) is 0 Å². The molecule has 1 N–H and O–H groups in total. The van der Waals surface area contributed by atoms with Crippen LogP contribution in [0.25, 0.3) is 5.65 Å². The number of aromatic nitrogens is 3. The second kappa shape index (κ2) is 7.78. The van der Waals surface area contributed by atoms with Crippen molar-refractivity contribution in [1.29, 1.82) is 0 Å². The zero-order chi connectivity index (χ0) is 15.9. The minimum Gasteiger partial charge on any atom is -0.364 e. The highest BCUT2D eigenvalue weighted by atomic mass is 32.2. The zero-order valence-electron chi connectivity index (χ0n) is 13.0. The Morgan fingerprint density at radius 3 is 3.22 bits per heavy atom. The van der Waals surface area contributed by atoms with Gasteiger partial charge in [-0.3, -0.25) is 4.99 Å². The van der Waals surface area contributed by atoms with E-state index >= 15 is 0 Å². The van der Waals surface area contributed by atoms with Crippen molar-refractivity contribution in [3.63, 3.8) is 0 Å². The van der Waals surface area contributed by atoms with Gasteiger partial charge in [-0.15, -0.1) is 16.9 Å². The van der Waals surface area contributed by atoms with Crippen molar-refractivity contribution in [2.45, 2.75) is 19.8 Å². The lowest BCUT2D eigenvalue weighted by atomic mass is 10.3. The Morgan fingerprint density at radius 1 is 1.43 bits per heavy atom. The van der Waals surface area contributed by atoms with Crippen LogP contribution >= 0.6 is 11.8 Å². The number of rotatable bonds is 6. The first-order valence-corrected chi connectivity index (χ1v) is 8.46. The number of thioether (sulfide) groups is 1. The fourth-order valence-corrected chi connectivity index (χ4v) is 2.91. The molecule has 23 heavy (non-hydrogen) atoms. The molecule has 2 aromatic rings. The lowest BCUT2D eigenvalue weighted by Gasteiger charge is -2.10. The molecule has 0 amide bonds. The largest absolute Gasteiger partial charge is 0.364 e. The normalized spacial score (nSPS) is 14.9. The van der Waals surface area contributed by atoms with Gasteiger partial charge in [0.25, 0.3) is 0 Å². The molecule has 1 aliphatic heterocycles. The lowest BCUT2D eigenvalue weighted by Crippen LogP contribution is -2.08. The van der Waals surface area contributed by atoms with Crippen LogP contribution in [-0.2, 0) is 6.42 Å². The van der Waals surface area contributed by atoms with E-state index in [-0.39, 0.29) is 0 Å². The van der Waals surface area contributed by atoms with Gasteiger partial charge in [0.05, 0.1) is 11.9 Å². The van der Waals surface area contributed by atoms with Crippen LogP contribution in [0.1, 0.15) is 19.0 Å². The summed E-state index contributed by atoms with van der Waals surface area (Å²) in [6.07, 6.45) is 13.5. The molecule has 0 unspecified atom stereocenters. The van der Waals surface area contributed by atoms with E-state index < -0.39 is 0 Å². The molecule has 6 heteroatoms. The second-order valence-corrected chi connectivity index (χ2v) is 6.04. The van der Waals surface area contributed by atoms with Gasteiger partial charge in [-0.25, -0.2) is 9.50 Å². The van der Waals surface area contributed by atoms with Crippen LogP contribution in [0, 0.1) is 0 Å². The van der Waals surface area contributed by atoms with Crippen LogP contribution in [0.15, 0.2) is 58.1 Å². The average molecular weight is 325 g/mol. The summed E-state index contributed by atoms with van der Waals surface area (Å²) in [5.74, 6) is 0.846. The average Bonchev–Trinajstić information content (AvgIpc) is 3.00. The van der Waals surface area contributed by atoms with Crippen LogP contribution < -0.4 is 5.32 Å². The van der Waals surface area contributed by atoms with E-state index in [4.69, 9.17) is 0 Å². The number of aliphatic imine (C=N–C) groups is 1. The van der Waals surface area contributed by atoms with Gasteiger partial charge in [-0.1, -0.05) is 18.2 Å². The van der Waals surface area contributed by atoms with Crippen LogP contribution in [0.5, 0.6) is 0 Å². The summed E-state index contributed by atoms with van der Waals surface area (Å²) in [7, 11) is 0. The number of imidazole rings is 1. The Morgan fingerprint density at radius 2 is 2.39 bits per heavy atom. The van der Waals surface area contributed by atoms with Gasteiger partial charge in [0, 0.05) is 30.3 Å². The van der Waals surface area contributed by atoms with E-state index in [1.54, 1.807) is 18.0 Å². The van der Waals surface area contributed by atoms with Gasteiger partial charge in [-0.2, -0.15) is 0 Å². The predicted octanol–water partition coefficient (Wildman–Crippen LogP) is 3.82. The predicted molar refractivity (Wildman–Crippen MR) is 97.9 cm³/mol. The van der Waals surface area contributed by atoms with Gasteiger partial charge in [-0.05, 0) is 30.9 Å². The van der Waals surface area contributed by atoms with Gasteiger partial charge in [0.2, 0.25) is 0 Å². The lowest BCUT2D eigenvalue weighted by molar-refractivity contribution is 0.888. The van der Waals surface area contributed by atoms with Crippen LogP contribution in [-0.4, -0.2) is 27.4 Å². The Balaban J connectivity index is 1.70. The minimum absolute atomic E-state index is 0.702. The standard InChI is InChI=1S/C17H19N5S/c1-2-9-18-10-8-14-12-20-17-7-6-16(21-22(14)17)19-13-15-5-3-4-11-23-15/h2,4-7,9-12H,3,8,13H2,1H3,(H,19,21)/b9-2-,18-10?. The summed E-state index contributed by atoms with van der Waals surface area (Å²) >= 11 is 1.75. The fourth-order valence-electron chi connectivity index (χ4n) is 2.18. The molecular weight excluding hydrogens is 306 g/mol. The molecular formula is C17H19N5S. The molecule has 2 aromatic heterocycles. The Labute approximate surface area is 139 Å². The van der Waals surface area contributed by atoms with Crippen molar-refractivity contribution in [1.82, 2.24) is 14.6 Å². The van der Waals surface area contributed by atoms with Gasteiger partial charge in [0.1, 0.15) is 5.82 Å².